The fraction of sp³-hybridized carbons (Fsp3) is 0.423. The van der Waals surface area contributed by atoms with Crippen molar-refractivity contribution in [3.05, 3.63) is 52.7 Å². The molecule has 4 rings (SSSR count). The average molecular weight is 502 g/mol. The van der Waals surface area contributed by atoms with Gasteiger partial charge in [0.05, 0.1) is 24.8 Å². The molecule has 1 aromatic carbocycles. The highest BCUT2D eigenvalue weighted by molar-refractivity contribution is 5.95. The Labute approximate surface area is 207 Å². The maximum Gasteiger partial charge on any atom is 0.410 e. The molecule has 3 heterocycles. The average Bonchev–Trinajstić information content (AvgIpc) is 3.13. The lowest BCUT2D eigenvalue weighted by Crippen LogP contribution is -2.48. The van der Waals surface area contributed by atoms with Crippen molar-refractivity contribution in [1.29, 1.82) is 0 Å². The fourth-order valence-corrected chi connectivity index (χ4v) is 4.15. The number of ether oxygens (including phenoxy) is 2. The van der Waals surface area contributed by atoms with Gasteiger partial charge >= 0.3 is 6.09 Å². The third-order valence-electron chi connectivity index (χ3n) is 5.74. The summed E-state index contributed by atoms with van der Waals surface area (Å²) in [7, 11) is 1.38. The second-order valence-corrected chi connectivity index (χ2v) is 9.79. The number of furan rings is 1. The summed E-state index contributed by atoms with van der Waals surface area (Å²) in [5.41, 5.74) is 0.898. The quantitative estimate of drug-likeness (QED) is 0.561. The van der Waals surface area contributed by atoms with Crippen molar-refractivity contribution >= 4 is 23.1 Å². The fourth-order valence-electron chi connectivity index (χ4n) is 4.15. The number of nitrogens with zero attached hydrogens (tertiary/aromatic N) is 2. The minimum Gasteiger partial charge on any atom is -0.454 e. The molecule has 0 spiro atoms. The van der Waals surface area contributed by atoms with Crippen LogP contribution in [0, 0.1) is 18.6 Å². The van der Waals surface area contributed by atoms with Crippen LogP contribution in [0.5, 0.6) is 0 Å². The summed E-state index contributed by atoms with van der Waals surface area (Å²) in [4.78, 5) is 30.5. The summed E-state index contributed by atoms with van der Waals surface area (Å²) in [5.74, 6) is -2.52. The molecule has 3 aromatic rings. The van der Waals surface area contributed by atoms with Gasteiger partial charge < -0.3 is 24.1 Å². The van der Waals surface area contributed by atoms with Gasteiger partial charge in [0.25, 0.3) is 5.91 Å². The lowest BCUT2D eigenvalue weighted by molar-refractivity contribution is -0.0414. The van der Waals surface area contributed by atoms with E-state index in [2.05, 4.69) is 10.3 Å². The van der Waals surface area contributed by atoms with Gasteiger partial charge in [0, 0.05) is 37.3 Å². The van der Waals surface area contributed by atoms with Gasteiger partial charge in [-0.25, -0.2) is 13.6 Å². The zero-order chi connectivity index (χ0) is 26.2. The molecule has 10 heteroatoms. The molecule has 0 bridgehead atoms. The summed E-state index contributed by atoms with van der Waals surface area (Å²) < 4.78 is 47.7. The Morgan fingerprint density at radius 2 is 1.92 bits per heavy atom. The van der Waals surface area contributed by atoms with E-state index in [0.717, 1.165) is 17.7 Å². The first-order valence-electron chi connectivity index (χ1n) is 11.7. The van der Waals surface area contributed by atoms with Crippen LogP contribution in [0.2, 0.25) is 0 Å². The molecule has 1 saturated heterocycles. The highest BCUT2D eigenvalue weighted by atomic mass is 19.1. The summed E-state index contributed by atoms with van der Waals surface area (Å²) in [5, 5.41) is 2.35. The maximum absolute atomic E-state index is 15.2. The number of morpholine rings is 1. The summed E-state index contributed by atoms with van der Waals surface area (Å²) in [6.07, 6.45) is 0.892. The normalized spacial score (nSPS) is 16.3. The number of carbonyl (C=O) groups excluding carboxylic acids is 2. The molecule has 1 aliphatic rings. The molecule has 8 nitrogen and oxygen atoms in total. The number of fused-ring (bicyclic) bond motifs is 1. The van der Waals surface area contributed by atoms with Crippen LogP contribution < -0.4 is 5.32 Å². The zero-order valence-corrected chi connectivity index (χ0v) is 20.9. The van der Waals surface area contributed by atoms with Gasteiger partial charge in [-0.2, -0.15) is 0 Å². The summed E-state index contributed by atoms with van der Waals surface area (Å²) in [6, 6.07) is 3.67. The molecule has 1 aliphatic heterocycles. The Morgan fingerprint density at radius 3 is 2.56 bits per heavy atom. The number of carbonyl (C=O) groups is 2. The minimum absolute atomic E-state index is 0.0282. The number of hydrogen-bond acceptors (Lipinski definition) is 6. The van der Waals surface area contributed by atoms with Crippen molar-refractivity contribution in [1.82, 2.24) is 15.2 Å². The first-order chi connectivity index (χ1) is 17.0. The number of hydrogen-bond donors (Lipinski definition) is 1. The maximum atomic E-state index is 15.2. The number of amides is 2. The predicted octanol–water partition coefficient (Wildman–Crippen LogP) is 4.62. The summed E-state index contributed by atoms with van der Waals surface area (Å²) >= 11 is 0. The highest BCUT2D eigenvalue weighted by Crippen LogP contribution is 2.37. The van der Waals surface area contributed by atoms with E-state index in [4.69, 9.17) is 13.9 Å². The Bertz CT molecular complexity index is 1290. The van der Waals surface area contributed by atoms with Gasteiger partial charge in [-0.05, 0) is 51.5 Å². The third-order valence-corrected chi connectivity index (χ3v) is 5.74. The topological polar surface area (TPSA) is 93.9 Å². The number of aryl methyl sites for hydroxylation is 1. The van der Waals surface area contributed by atoms with Crippen molar-refractivity contribution in [2.75, 3.05) is 26.7 Å². The molecular formula is C26H29F2N3O5. The standard InChI is InChI=1S/C26H29F2N3O5/c1-14-8-20-22(30-12-14)17(11-16-13-31(6-7-34-16)25(33)36-26(2,3)4)23(35-20)21-18(27)9-15(10-19(21)28)24(32)29-5/h8-10,12,16H,6-7,11,13H2,1-5H3,(H,29,32)/t16-/m0/s1. The molecular weight excluding hydrogens is 472 g/mol. The van der Waals surface area contributed by atoms with Gasteiger partial charge in [0.15, 0.2) is 5.58 Å². The van der Waals surface area contributed by atoms with Crippen LogP contribution >= 0.6 is 0 Å². The van der Waals surface area contributed by atoms with Crippen molar-refractivity contribution in [2.24, 2.45) is 0 Å². The van der Waals surface area contributed by atoms with E-state index in [0.29, 0.717) is 23.2 Å². The van der Waals surface area contributed by atoms with Crippen LogP contribution in [0.25, 0.3) is 22.4 Å². The monoisotopic (exact) mass is 501 g/mol. The number of pyridine rings is 1. The van der Waals surface area contributed by atoms with Crippen molar-refractivity contribution in [3.8, 4) is 11.3 Å². The molecule has 1 N–H and O–H groups in total. The van der Waals surface area contributed by atoms with Crippen LogP contribution in [0.4, 0.5) is 13.6 Å². The van der Waals surface area contributed by atoms with Gasteiger partial charge in [-0.3, -0.25) is 9.78 Å². The largest absolute Gasteiger partial charge is 0.454 e. The second-order valence-electron chi connectivity index (χ2n) is 9.79. The Morgan fingerprint density at radius 1 is 1.22 bits per heavy atom. The molecule has 2 amide bonds. The van der Waals surface area contributed by atoms with Crippen LogP contribution in [-0.4, -0.2) is 60.3 Å². The number of rotatable bonds is 4. The van der Waals surface area contributed by atoms with Crippen molar-refractivity contribution in [2.45, 2.75) is 45.8 Å². The van der Waals surface area contributed by atoms with E-state index in [9.17, 15) is 9.59 Å². The van der Waals surface area contributed by atoms with E-state index >= 15 is 8.78 Å². The minimum atomic E-state index is -0.939. The van der Waals surface area contributed by atoms with Gasteiger partial charge in [0.1, 0.15) is 28.5 Å². The van der Waals surface area contributed by atoms with Crippen LogP contribution in [0.1, 0.15) is 42.3 Å². The Hall–Kier alpha value is -3.53. The van der Waals surface area contributed by atoms with Crippen LogP contribution in [0.15, 0.2) is 28.8 Å². The number of benzene rings is 1. The SMILES string of the molecule is CNC(=O)c1cc(F)c(-c2oc3cc(C)cnc3c2C[C@H]2CN(C(=O)OC(C)(C)C)CCO2)c(F)c1. The van der Waals surface area contributed by atoms with Crippen LogP contribution in [-0.2, 0) is 15.9 Å². The van der Waals surface area contributed by atoms with Gasteiger partial charge in [-0.15, -0.1) is 0 Å². The van der Waals surface area contributed by atoms with Gasteiger partial charge in [0.2, 0.25) is 0 Å². The van der Waals surface area contributed by atoms with E-state index < -0.39 is 40.9 Å². The number of halogens is 2. The molecule has 192 valence electrons. The van der Waals surface area contributed by atoms with Gasteiger partial charge in [-0.1, -0.05) is 0 Å². The number of nitrogens with one attached hydrogen (secondary N) is 1. The predicted molar refractivity (Wildman–Crippen MR) is 129 cm³/mol. The third kappa shape index (κ3) is 5.33. The molecule has 2 aromatic heterocycles. The van der Waals surface area contributed by atoms with Crippen molar-refractivity contribution in [3.63, 3.8) is 0 Å². The lowest BCUT2D eigenvalue weighted by atomic mass is 9.99. The molecule has 0 radical (unpaired) electrons. The number of aromatic nitrogens is 1. The molecule has 1 fully saturated rings. The summed E-state index contributed by atoms with van der Waals surface area (Å²) in [6.45, 7) is 8.08. The Balaban J connectivity index is 1.72. The molecule has 0 saturated carbocycles. The first-order valence-corrected chi connectivity index (χ1v) is 11.7. The van der Waals surface area contributed by atoms with Crippen LogP contribution in [0.3, 0.4) is 0 Å². The lowest BCUT2D eigenvalue weighted by Gasteiger charge is -2.34. The molecule has 0 aliphatic carbocycles. The first kappa shape index (κ1) is 25.6. The van der Waals surface area contributed by atoms with E-state index in [1.165, 1.54) is 7.05 Å². The van der Waals surface area contributed by atoms with E-state index in [1.54, 1.807) is 37.9 Å². The van der Waals surface area contributed by atoms with Crippen molar-refractivity contribution < 1.29 is 32.3 Å². The molecule has 0 unspecified atom stereocenters. The molecule has 36 heavy (non-hydrogen) atoms. The highest BCUT2D eigenvalue weighted by Gasteiger charge is 2.31. The van der Waals surface area contributed by atoms with E-state index in [-0.39, 0.29) is 30.9 Å². The smallest absolute Gasteiger partial charge is 0.410 e. The zero-order valence-electron chi connectivity index (χ0n) is 20.9. The Kier molecular flexibility index (Phi) is 6.99. The molecule has 1 atom stereocenters. The van der Waals surface area contributed by atoms with E-state index in [1.807, 2.05) is 6.92 Å². The second kappa shape index (κ2) is 9.85.